The molecule has 21 heavy (non-hydrogen) atoms. The molecule has 0 unspecified atom stereocenters. The van der Waals surface area contributed by atoms with E-state index in [9.17, 15) is 9.18 Å². The van der Waals surface area contributed by atoms with Crippen molar-refractivity contribution >= 4 is 5.91 Å². The van der Waals surface area contributed by atoms with Crippen LogP contribution in [0.2, 0.25) is 0 Å². The molecular formula is C16H17FN2O2. The summed E-state index contributed by atoms with van der Waals surface area (Å²) < 4.78 is 18.1. The zero-order valence-corrected chi connectivity index (χ0v) is 11.6. The Kier molecular flexibility index (Phi) is 3.99. The number of aromatic nitrogens is 1. The molecule has 1 aromatic heterocycles. The summed E-state index contributed by atoms with van der Waals surface area (Å²) in [7, 11) is 0. The average Bonchev–Trinajstić information content (AvgIpc) is 3.17. The molecular weight excluding hydrogens is 271 g/mol. The fourth-order valence-electron chi connectivity index (χ4n) is 2.66. The minimum atomic E-state index is -0.290. The van der Waals surface area contributed by atoms with E-state index in [0.29, 0.717) is 18.0 Å². The first-order valence-corrected chi connectivity index (χ1v) is 7.21. The van der Waals surface area contributed by atoms with Gasteiger partial charge in [-0.05, 0) is 37.1 Å². The molecule has 0 bridgehead atoms. The summed E-state index contributed by atoms with van der Waals surface area (Å²) in [5, 5.41) is 6.82. The van der Waals surface area contributed by atoms with Gasteiger partial charge in [0.1, 0.15) is 11.5 Å². The van der Waals surface area contributed by atoms with Crippen LogP contribution in [0.4, 0.5) is 4.39 Å². The van der Waals surface area contributed by atoms with Gasteiger partial charge in [0.25, 0.3) is 0 Å². The number of benzene rings is 1. The van der Waals surface area contributed by atoms with Gasteiger partial charge < -0.3 is 9.84 Å². The van der Waals surface area contributed by atoms with E-state index in [0.717, 1.165) is 31.2 Å². The van der Waals surface area contributed by atoms with Crippen LogP contribution in [0, 0.1) is 11.7 Å². The molecule has 0 saturated heterocycles. The van der Waals surface area contributed by atoms with E-state index in [1.54, 1.807) is 18.2 Å². The van der Waals surface area contributed by atoms with E-state index >= 15 is 0 Å². The average molecular weight is 288 g/mol. The van der Waals surface area contributed by atoms with Crippen molar-refractivity contribution in [2.75, 3.05) is 0 Å². The normalized spacial score (nSPS) is 15.3. The Balaban J connectivity index is 1.60. The Labute approximate surface area is 122 Å². The molecule has 1 aliphatic rings. The molecule has 3 rings (SSSR count). The summed E-state index contributed by atoms with van der Waals surface area (Å²) in [6.45, 7) is 0.361. The highest BCUT2D eigenvalue weighted by atomic mass is 19.1. The molecule has 1 fully saturated rings. The van der Waals surface area contributed by atoms with Gasteiger partial charge in [0.15, 0.2) is 5.76 Å². The standard InChI is InChI=1S/C16H17FN2O2/c17-13-7-5-11(6-8-13)15-9-14(19-21-15)10-18-16(20)12-3-1-2-4-12/h5-9,12H,1-4,10H2,(H,18,20). The molecule has 5 heteroatoms. The number of hydrogen-bond donors (Lipinski definition) is 1. The van der Waals surface area contributed by atoms with Crippen molar-refractivity contribution in [3.63, 3.8) is 0 Å². The van der Waals surface area contributed by atoms with Gasteiger partial charge in [0.2, 0.25) is 5.91 Å². The van der Waals surface area contributed by atoms with E-state index in [2.05, 4.69) is 10.5 Å². The summed E-state index contributed by atoms with van der Waals surface area (Å²) >= 11 is 0. The Morgan fingerprint density at radius 3 is 2.71 bits per heavy atom. The number of hydrogen-bond acceptors (Lipinski definition) is 3. The van der Waals surface area contributed by atoms with Crippen LogP contribution in [0.25, 0.3) is 11.3 Å². The Morgan fingerprint density at radius 2 is 2.00 bits per heavy atom. The molecule has 0 spiro atoms. The number of nitrogens with one attached hydrogen (secondary N) is 1. The summed E-state index contributed by atoms with van der Waals surface area (Å²) in [5.41, 5.74) is 1.43. The zero-order valence-electron chi connectivity index (χ0n) is 11.6. The van der Waals surface area contributed by atoms with Crippen molar-refractivity contribution in [3.05, 3.63) is 41.8 Å². The smallest absolute Gasteiger partial charge is 0.223 e. The van der Waals surface area contributed by atoms with Crippen molar-refractivity contribution in [1.82, 2.24) is 10.5 Å². The van der Waals surface area contributed by atoms with Crippen LogP contribution >= 0.6 is 0 Å². The van der Waals surface area contributed by atoms with Gasteiger partial charge in [0.05, 0.1) is 6.54 Å². The number of nitrogens with zero attached hydrogens (tertiary/aromatic N) is 1. The second-order valence-corrected chi connectivity index (χ2v) is 5.39. The minimum Gasteiger partial charge on any atom is -0.356 e. The molecule has 0 atom stereocenters. The Morgan fingerprint density at radius 1 is 1.29 bits per heavy atom. The van der Waals surface area contributed by atoms with E-state index in [1.165, 1.54) is 12.1 Å². The Bertz CT molecular complexity index is 615. The third kappa shape index (κ3) is 3.29. The van der Waals surface area contributed by atoms with Crippen LogP contribution in [-0.2, 0) is 11.3 Å². The van der Waals surface area contributed by atoms with E-state index < -0.39 is 0 Å². The van der Waals surface area contributed by atoms with Crippen molar-refractivity contribution in [1.29, 1.82) is 0 Å². The topological polar surface area (TPSA) is 55.1 Å². The first-order chi connectivity index (χ1) is 10.2. The number of halogens is 1. The SMILES string of the molecule is O=C(NCc1cc(-c2ccc(F)cc2)on1)C1CCCC1. The summed E-state index contributed by atoms with van der Waals surface area (Å²) in [5.74, 6) is 0.523. The lowest BCUT2D eigenvalue weighted by molar-refractivity contribution is -0.125. The molecule has 1 amide bonds. The summed E-state index contributed by atoms with van der Waals surface area (Å²) in [6.07, 6.45) is 4.23. The lowest BCUT2D eigenvalue weighted by Gasteiger charge is -2.08. The number of amides is 1. The van der Waals surface area contributed by atoms with E-state index in [1.807, 2.05) is 0 Å². The lowest BCUT2D eigenvalue weighted by atomic mass is 10.1. The highest BCUT2D eigenvalue weighted by molar-refractivity contribution is 5.78. The van der Waals surface area contributed by atoms with Gasteiger partial charge in [-0.25, -0.2) is 4.39 Å². The van der Waals surface area contributed by atoms with Gasteiger partial charge in [0, 0.05) is 17.5 Å². The monoisotopic (exact) mass is 288 g/mol. The second-order valence-electron chi connectivity index (χ2n) is 5.39. The van der Waals surface area contributed by atoms with Crippen LogP contribution in [0.15, 0.2) is 34.9 Å². The van der Waals surface area contributed by atoms with Crippen LogP contribution in [0.1, 0.15) is 31.4 Å². The van der Waals surface area contributed by atoms with Gasteiger partial charge in [-0.1, -0.05) is 18.0 Å². The van der Waals surface area contributed by atoms with E-state index in [4.69, 9.17) is 4.52 Å². The molecule has 0 aliphatic heterocycles. The summed E-state index contributed by atoms with van der Waals surface area (Å²) in [4.78, 5) is 11.9. The molecule has 1 aliphatic carbocycles. The van der Waals surface area contributed by atoms with Gasteiger partial charge >= 0.3 is 0 Å². The molecule has 1 saturated carbocycles. The maximum atomic E-state index is 12.9. The first kappa shape index (κ1) is 13.8. The number of rotatable bonds is 4. The van der Waals surface area contributed by atoms with Gasteiger partial charge in [-0.15, -0.1) is 0 Å². The van der Waals surface area contributed by atoms with Gasteiger partial charge in [-0.3, -0.25) is 4.79 Å². The third-order valence-electron chi connectivity index (χ3n) is 3.86. The highest BCUT2D eigenvalue weighted by Gasteiger charge is 2.22. The highest BCUT2D eigenvalue weighted by Crippen LogP contribution is 2.25. The fraction of sp³-hybridized carbons (Fsp3) is 0.375. The van der Waals surface area contributed by atoms with Crippen molar-refractivity contribution in [2.45, 2.75) is 32.2 Å². The van der Waals surface area contributed by atoms with Crippen molar-refractivity contribution in [2.24, 2.45) is 5.92 Å². The summed E-state index contributed by atoms with van der Waals surface area (Å²) in [6, 6.07) is 7.79. The maximum Gasteiger partial charge on any atom is 0.223 e. The van der Waals surface area contributed by atoms with Gasteiger partial charge in [-0.2, -0.15) is 0 Å². The number of carbonyl (C=O) groups excluding carboxylic acids is 1. The quantitative estimate of drug-likeness (QED) is 0.939. The Hall–Kier alpha value is -2.17. The molecule has 2 aromatic rings. The largest absolute Gasteiger partial charge is 0.356 e. The molecule has 1 heterocycles. The molecule has 4 nitrogen and oxygen atoms in total. The molecule has 1 N–H and O–H groups in total. The van der Waals surface area contributed by atoms with Crippen molar-refractivity contribution < 1.29 is 13.7 Å². The first-order valence-electron chi connectivity index (χ1n) is 7.21. The fourth-order valence-corrected chi connectivity index (χ4v) is 2.66. The van der Waals surface area contributed by atoms with Crippen molar-refractivity contribution in [3.8, 4) is 11.3 Å². The van der Waals surface area contributed by atoms with Crippen LogP contribution < -0.4 is 5.32 Å². The minimum absolute atomic E-state index is 0.0961. The zero-order chi connectivity index (χ0) is 14.7. The number of carbonyl (C=O) groups is 1. The third-order valence-corrected chi connectivity index (χ3v) is 3.86. The predicted octanol–water partition coefficient (Wildman–Crippen LogP) is 3.29. The lowest BCUT2D eigenvalue weighted by Crippen LogP contribution is -2.28. The predicted molar refractivity (Wildman–Crippen MR) is 75.7 cm³/mol. The maximum absolute atomic E-state index is 12.9. The molecule has 0 radical (unpaired) electrons. The van der Waals surface area contributed by atoms with E-state index in [-0.39, 0.29) is 17.6 Å². The molecule has 1 aromatic carbocycles. The molecule has 110 valence electrons. The van der Waals surface area contributed by atoms with Crippen LogP contribution in [0.5, 0.6) is 0 Å². The van der Waals surface area contributed by atoms with Crippen LogP contribution in [0.3, 0.4) is 0 Å². The van der Waals surface area contributed by atoms with Crippen LogP contribution in [-0.4, -0.2) is 11.1 Å². The second kappa shape index (κ2) is 6.08.